The molecule has 110 valence electrons. The first kappa shape index (κ1) is 13.7. The summed E-state index contributed by atoms with van der Waals surface area (Å²) in [4.78, 5) is 18.9. The first-order valence-corrected chi connectivity index (χ1v) is 7.21. The average molecular weight is 285 g/mol. The minimum absolute atomic E-state index is 0.156. The Labute approximate surface area is 123 Å². The molecular weight excluding hydrogens is 266 g/mol. The predicted molar refractivity (Wildman–Crippen MR) is 79.4 cm³/mol. The molecular formula is C16H19N3O2. The van der Waals surface area contributed by atoms with Gasteiger partial charge in [-0.2, -0.15) is 0 Å². The number of aromatic nitrogens is 2. The summed E-state index contributed by atoms with van der Waals surface area (Å²) in [5.41, 5.74) is 0. The first-order valence-electron chi connectivity index (χ1n) is 7.21. The molecule has 1 aliphatic rings. The van der Waals surface area contributed by atoms with Crippen molar-refractivity contribution in [2.45, 2.75) is 32.2 Å². The maximum absolute atomic E-state index is 11.8. The maximum atomic E-state index is 11.8. The minimum Gasteiger partial charge on any atom is -0.461 e. The number of carbonyl (C=O) groups excluding carboxylic acids is 1. The number of imidazole rings is 1. The summed E-state index contributed by atoms with van der Waals surface area (Å²) in [7, 11) is 0. The fraction of sp³-hybridized carbons (Fsp3) is 0.375. The van der Waals surface area contributed by atoms with Crippen molar-refractivity contribution in [3.63, 3.8) is 0 Å². The summed E-state index contributed by atoms with van der Waals surface area (Å²) < 4.78 is 5.72. The van der Waals surface area contributed by atoms with Gasteiger partial charge in [-0.05, 0) is 37.5 Å². The van der Waals surface area contributed by atoms with E-state index in [2.05, 4.69) is 22.2 Å². The molecule has 5 nitrogen and oxygen atoms in total. The summed E-state index contributed by atoms with van der Waals surface area (Å²) >= 11 is 0. The van der Waals surface area contributed by atoms with E-state index in [1.165, 1.54) is 12.5 Å². The van der Waals surface area contributed by atoms with Crippen molar-refractivity contribution in [1.29, 1.82) is 0 Å². The SMILES string of the molecule is CC(NC(=O)/C=C/c1ccc(C2CC2C)o1)c1ncc[nH]1. The fourth-order valence-electron chi connectivity index (χ4n) is 2.38. The molecule has 0 aliphatic heterocycles. The summed E-state index contributed by atoms with van der Waals surface area (Å²) in [6, 6.07) is 3.74. The van der Waals surface area contributed by atoms with Crippen molar-refractivity contribution < 1.29 is 9.21 Å². The van der Waals surface area contributed by atoms with Crippen molar-refractivity contribution in [3.05, 3.63) is 47.9 Å². The summed E-state index contributed by atoms with van der Waals surface area (Å²) in [6.45, 7) is 4.09. The van der Waals surface area contributed by atoms with E-state index in [1.807, 2.05) is 19.1 Å². The fourth-order valence-corrected chi connectivity index (χ4v) is 2.38. The molecule has 0 bridgehead atoms. The second kappa shape index (κ2) is 5.60. The maximum Gasteiger partial charge on any atom is 0.244 e. The molecule has 3 atom stereocenters. The molecule has 0 saturated heterocycles. The number of rotatable bonds is 5. The van der Waals surface area contributed by atoms with E-state index in [0.29, 0.717) is 17.6 Å². The van der Waals surface area contributed by atoms with Gasteiger partial charge in [0, 0.05) is 24.4 Å². The normalized spacial score (nSPS) is 22.4. The van der Waals surface area contributed by atoms with Gasteiger partial charge in [0.25, 0.3) is 0 Å². The van der Waals surface area contributed by atoms with Gasteiger partial charge in [0.05, 0.1) is 6.04 Å². The minimum atomic E-state index is -0.170. The number of hydrogen-bond donors (Lipinski definition) is 2. The number of amides is 1. The molecule has 5 heteroatoms. The lowest BCUT2D eigenvalue weighted by molar-refractivity contribution is -0.117. The largest absolute Gasteiger partial charge is 0.461 e. The van der Waals surface area contributed by atoms with Crippen molar-refractivity contribution in [2.24, 2.45) is 5.92 Å². The molecule has 21 heavy (non-hydrogen) atoms. The predicted octanol–water partition coefficient (Wildman–Crippen LogP) is 3.02. The van der Waals surface area contributed by atoms with Crippen molar-refractivity contribution in [2.75, 3.05) is 0 Å². The Morgan fingerprint density at radius 2 is 2.38 bits per heavy atom. The van der Waals surface area contributed by atoms with Crippen LogP contribution in [0.15, 0.2) is 35.0 Å². The summed E-state index contributed by atoms with van der Waals surface area (Å²) in [5, 5.41) is 2.84. The van der Waals surface area contributed by atoms with Crippen LogP contribution in [0.3, 0.4) is 0 Å². The first-order chi connectivity index (χ1) is 10.1. The molecule has 2 aromatic heterocycles. The second-order valence-electron chi connectivity index (χ2n) is 5.60. The zero-order valence-electron chi connectivity index (χ0n) is 12.2. The van der Waals surface area contributed by atoms with Gasteiger partial charge in [-0.25, -0.2) is 4.98 Å². The molecule has 2 heterocycles. The van der Waals surface area contributed by atoms with Crippen LogP contribution in [0.2, 0.25) is 0 Å². The van der Waals surface area contributed by atoms with Crippen LogP contribution in [0.5, 0.6) is 0 Å². The third kappa shape index (κ3) is 3.24. The highest BCUT2D eigenvalue weighted by Gasteiger charge is 2.36. The van der Waals surface area contributed by atoms with Gasteiger partial charge in [0.1, 0.15) is 17.3 Å². The third-order valence-corrected chi connectivity index (χ3v) is 3.81. The number of hydrogen-bond acceptors (Lipinski definition) is 3. The van der Waals surface area contributed by atoms with Gasteiger partial charge < -0.3 is 14.7 Å². The standard InChI is InChI=1S/C16H19N3O2/c1-10-9-13(10)14-5-3-12(21-14)4-6-15(20)19-11(2)16-17-7-8-18-16/h3-8,10-11,13H,9H2,1-2H3,(H,17,18)(H,19,20)/b6-4+. The lowest BCUT2D eigenvalue weighted by atomic mass is 10.3. The quantitative estimate of drug-likeness (QED) is 0.829. The molecule has 0 aromatic carbocycles. The molecule has 0 radical (unpaired) electrons. The monoisotopic (exact) mass is 285 g/mol. The molecule has 1 aliphatic carbocycles. The highest BCUT2D eigenvalue weighted by atomic mass is 16.3. The van der Waals surface area contributed by atoms with Gasteiger partial charge in [-0.1, -0.05) is 6.92 Å². The van der Waals surface area contributed by atoms with Crippen LogP contribution in [0.4, 0.5) is 0 Å². The molecule has 3 rings (SSSR count). The molecule has 2 N–H and O–H groups in total. The Hall–Kier alpha value is -2.30. The van der Waals surface area contributed by atoms with Crippen LogP contribution < -0.4 is 5.32 Å². The van der Waals surface area contributed by atoms with E-state index in [-0.39, 0.29) is 11.9 Å². The van der Waals surface area contributed by atoms with Gasteiger partial charge in [0.15, 0.2) is 0 Å². The smallest absolute Gasteiger partial charge is 0.244 e. The van der Waals surface area contributed by atoms with Crippen LogP contribution in [0.25, 0.3) is 6.08 Å². The van der Waals surface area contributed by atoms with Crippen LogP contribution in [-0.2, 0) is 4.79 Å². The molecule has 2 aromatic rings. The molecule has 1 amide bonds. The van der Waals surface area contributed by atoms with E-state index in [9.17, 15) is 4.79 Å². The summed E-state index contributed by atoms with van der Waals surface area (Å²) in [6.07, 6.45) is 7.77. The van der Waals surface area contributed by atoms with Gasteiger partial charge >= 0.3 is 0 Å². The summed E-state index contributed by atoms with van der Waals surface area (Å²) in [5.74, 6) is 3.57. The lowest BCUT2D eigenvalue weighted by Gasteiger charge is -2.08. The zero-order valence-corrected chi connectivity index (χ0v) is 12.2. The van der Waals surface area contributed by atoms with E-state index in [1.54, 1.807) is 18.5 Å². The third-order valence-electron chi connectivity index (χ3n) is 3.81. The van der Waals surface area contributed by atoms with E-state index >= 15 is 0 Å². The molecule has 1 fully saturated rings. The Bertz CT molecular complexity index is 642. The second-order valence-corrected chi connectivity index (χ2v) is 5.60. The van der Waals surface area contributed by atoms with Crippen molar-refractivity contribution in [3.8, 4) is 0 Å². The number of nitrogens with one attached hydrogen (secondary N) is 2. The van der Waals surface area contributed by atoms with Crippen LogP contribution in [-0.4, -0.2) is 15.9 Å². The van der Waals surface area contributed by atoms with Crippen molar-refractivity contribution in [1.82, 2.24) is 15.3 Å². The molecule has 1 saturated carbocycles. The zero-order chi connectivity index (χ0) is 14.8. The highest BCUT2D eigenvalue weighted by Crippen LogP contribution is 2.47. The van der Waals surface area contributed by atoms with Gasteiger partial charge in [0.2, 0.25) is 5.91 Å². The van der Waals surface area contributed by atoms with E-state index in [4.69, 9.17) is 4.42 Å². The number of H-pyrrole nitrogens is 1. The highest BCUT2D eigenvalue weighted by molar-refractivity contribution is 5.91. The number of nitrogens with zero attached hydrogens (tertiary/aromatic N) is 1. The molecule has 3 unspecified atom stereocenters. The van der Waals surface area contributed by atoms with Crippen LogP contribution in [0.1, 0.15) is 49.6 Å². The average Bonchev–Trinajstić information content (AvgIpc) is 2.93. The number of aromatic amines is 1. The topological polar surface area (TPSA) is 70.9 Å². The lowest BCUT2D eigenvalue weighted by Crippen LogP contribution is -2.25. The molecule has 0 spiro atoms. The van der Waals surface area contributed by atoms with E-state index < -0.39 is 0 Å². The van der Waals surface area contributed by atoms with Crippen molar-refractivity contribution >= 4 is 12.0 Å². The van der Waals surface area contributed by atoms with Crippen LogP contribution >= 0.6 is 0 Å². The number of furan rings is 1. The Morgan fingerprint density at radius 1 is 1.57 bits per heavy atom. The Balaban J connectivity index is 1.55. The van der Waals surface area contributed by atoms with Crippen LogP contribution in [0, 0.1) is 5.92 Å². The van der Waals surface area contributed by atoms with Gasteiger partial charge in [-0.3, -0.25) is 4.79 Å². The Morgan fingerprint density at radius 3 is 3.05 bits per heavy atom. The number of carbonyl (C=O) groups is 1. The van der Waals surface area contributed by atoms with E-state index in [0.717, 1.165) is 11.6 Å². The van der Waals surface area contributed by atoms with Gasteiger partial charge in [-0.15, -0.1) is 0 Å². The Kier molecular flexibility index (Phi) is 3.64.